The molecule has 3 aromatic carbocycles. The van der Waals surface area contributed by atoms with Gasteiger partial charge in [0.2, 0.25) is 0 Å². The summed E-state index contributed by atoms with van der Waals surface area (Å²) in [6, 6.07) is 27.3. The molecule has 1 amide bonds. The van der Waals surface area contributed by atoms with E-state index < -0.39 is 6.09 Å². The van der Waals surface area contributed by atoms with E-state index in [0.29, 0.717) is 12.2 Å². The number of rotatable bonds is 7. The quantitative estimate of drug-likeness (QED) is 0.303. The van der Waals surface area contributed by atoms with Gasteiger partial charge in [-0.2, -0.15) is 0 Å². The lowest BCUT2D eigenvalue weighted by molar-refractivity contribution is 0.135. The van der Waals surface area contributed by atoms with Crippen molar-refractivity contribution in [2.75, 3.05) is 0 Å². The molecule has 2 aromatic heterocycles. The van der Waals surface area contributed by atoms with Crippen molar-refractivity contribution in [3.8, 4) is 11.3 Å². The predicted octanol–water partition coefficient (Wildman–Crippen LogP) is 5.77. The summed E-state index contributed by atoms with van der Waals surface area (Å²) in [6.45, 7) is 0.208. The fraction of sp³-hybridized carbons (Fsp3) is 0.111. The molecule has 3 N–H and O–H groups in total. The first-order valence-electron chi connectivity index (χ1n) is 10.9. The van der Waals surface area contributed by atoms with Crippen LogP contribution in [0.15, 0.2) is 97.3 Å². The summed E-state index contributed by atoms with van der Waals surface area (Å²) in [4.78, 5) is 24.0. The fourth-order valence-corrected chi connectivity index (χ4v) is 3.92. The van der Waals surface area contributed by atoms with Crippen molar-refractivity contribution in [2.45, 2.75) is 19.1 Å². The zero-order chi connectivity index (χ0) is 22.5. The number of carbonyl (C=O) groups is 1. The smallest absolute Gasteiger partial charge is 0.408 e. The average molecular weight is 437 g/mol. The number of nitrogens with zero attached hydrogens (tertiary/aromatic N) is 1. The molecule has 0 unspecified atom stereocenters. The van der Waals surface area contributed by atoms with E-state index in [9.17, 15) is 4.79 Å². The van der Waals surface area contributed by atoms with Crippen molar-refractivity contribution < 1.29 is 9.53 Å². The Morgan fingerprint density at radius 3 is 2.42 bits per heavy atom. The Hall–Kier alpha value is -4.32. The second-order valence-electron chi connectivity index (χ2n) is 7.86. The van der Waals surface area contributed by atoms with Gasteiger partial charge >= 0.3 is 6.09 Å². The standard InChI is InChI=1S/C27H24N4O2/c32-27(33-18-19-9-3-1-4-10-19)31-24(15-21-16-28-23-14-8-7-13-22(21)23)26-29-17-25(30-26)20-11-5-2-6-12-20/h1-14,16-17,24,28H,15,18H2,(H,29,30)(H,31,32)/t24-/m1/s1. The number of ether oxygens (including phenoxy) is 1. The predicted molar refractivity (Wildman–Crippen MR) is 129 cm³/mol. The Labute approximate surface area is 191 Å². The summed E-state index contributed by atoms with van der Waals surface area (Å²) in [5.74, 6) is 0.677. The molecule has 33 heavy (non-hydrogen) atoms. The van der Waals surface area contributed by atoms with E-state index in [1.807, 2.05) is 91.3 Å². The topological polar surface area (TPSA) is 82.8 Å². The van der Waals surface area contributed by atoms with Crippen LogP contribution in [0.1, 0.15) is 23.0 Å². The lowest BCUT2D eigenvalue weighted by atomic mass is 10.0. The van der Waals surface area contributed by atoms with Gasteiger partial charge in [0.1, 0.15) is 12.4 Å². The molecule has 5 aromatic rings. The molecule has 0 aliphatic carbocycles. The Kier molecular flexibility index (Phi) is 5.89. The Morgan fingerprint density at radius 1 is 0.879 bits per heavy atom. The fourth-order valence-electron chi connectivity index (χ4n) is 3.92. The van der Waals surface area contributed by atoms with Crippen LogP contribution in [0.4, 0.5) is 4.79 Å². The monoisotopic (exact) mass is 436 g/mol. The minimum Gasteiger partial charge on any atom is -0.445 e. The number of alkyl carbamates (subject to hydrolysis) is 1. The number of benzene rings is 3. The van der Waals surface area contributed by atoms with Gasteiger partial charge < -0.3 is 20.0 Å². The van der Waals surface area contributed by atoms with Crippen LogP contribution in [0.3, 0.4) is 0 Å². The van der Waals surface area contributed by atoms with Crippen molar-refractivity contribution in [2.24, 2.45) is 0 Å². The van der Waals surface area contributed by atoms with E-state index in [0.717, 1.165) is 33.3 Å². The number of nitrogens with one attached hydrogen (secondary N) is 3. The Balaban J connectivity index is 1.38. The number of hydrogen-bond donors (Lipinski definition) is 3. The number of imidazole rings is 1. The van der Waals surface area contributed by atoms with E-state index >= 15 is 0 Å². The van der Waals surface area contributed by atoms with Crippen LogP contribution < -0.4 is 5.32 Å². The highest BCUT2D eigenvalue weighted by atomic mass is 16.5. The molecule has 5 rings (SSSR count). The molecule has 0 fully saturated rings. The highest BCUT2D eigenvalue weighted by Crippen LogP contribution is 2.25. The number of para-hydroxylation sites is 1. The zero-order valence-corrected chi connectivity index (χ0v) is 18.0. The first-order valence-corrected chi connectivity index (χ1v) is 10.9. The summed E-state index contributed by atoms with van der Waals surface area (Å²) >= 11 is 0. The largest absolute Gasteiger partial charge is 0.445 e. The number of aromatic amines is 2. The third-order valence-electron chi connectivity index (χ3n) is 5.60. The minimum atomic E-state index is -0.485. The molecule has 6 nitrogen and oxygen atoms in total. The van der Waals surface area contributed by atoms with Crippen molar-refractivity contribution in [1.82, 2.24) is 20.3 Å². The van der Waals surface area contributed by atoms with Gasteiger partial charge in [0.25, 0.3) is 0 Å². The maximum Gasteiger partial charge on any atom is 0.408 e. The molecular weight excluding hydrogens is 412 g/mol. The summed E-state index contributed by atoms with van der Waals surface area (Å²) in [6.07, 6.45) is 3.92. The molecule has 2 heterocycles. The number of hydrogen-bond acceptors (Lipinski definition) is 3. The molecule has 164 valence electrons. The normalized spacial score (nSPS) is 11.9. The van der Waals surface area contributed by atoms with Crippen molar-refractivity contribution >= 4 is 17.0 Å². The van der Waals surface area contributed by atoms with Crippen LogP contribution in [0.2, 0.25) is 0 Å². The molecule has 0 bridgehead atoms. The van der Waals surface area contributed by atoms with Gasteiger partial charge in [0.05, 0.1) is 11.7 Å². The van der Waals surface area contributed by atoms with Gasteiger partial charge in [-0.05, 0) is 17.2 Å². The molecule has 6 heteroatoms. The molecule has 0 aliphatic rings. The third-order valence-corrected chi connectivity index (χ3v) is 5.60. The van der Waals surface area contributed by atoms with Crippen LogP contribution in [0.5, 0.6) is 0 Å². The molecule has 0 saturated carbocycles. The van der Waals surface area contributed by atoms with Crippen LogP contribution in [0, 0.1) is 0 Å². The van der Waals surface area contributed by atoms with Crippen molar-refractivity contribution in [1.29, 1.82) is 0 Å². The second kappa shape index (κ2) is 9.44. The van der Waals surface area contributed by atoms with E-state index in [1.54, 1.807) is 0 Å². The highest BCUT2D eigenvalue weighted by molar-refractivity contribution is 5.83. The van der Waals surface area contributed by atoms with Gasteiger partial charge in [-0.25, -0.2) is 9.78 Å². The number of amides is 1. The molecule has 1 atom stereocenters. The molecule has 0 radical (unpaired) electrons. The molecule has 0 saturated heterocycles. The summed E-state index contributed by atoms with van der Waals surface area (Å²) in [7, 11) is 0. The van der Waals surface area contributed by atoms with Crippen LogP contribution in [-0.2, 0) is 17.8 Å². The Morgan fingerprint density at radius 2 is 1.61 bits per heavy atom. The maximum atomic E-state index is 12.7. The van der Waals surface area contributed by atoms with Crippen molar-refractivity contribution in [3.63, 3.8) is 0 Å². The van der Waals surface area contributed by atoms with E-state index in [4.69, 9.17) is 9.72 Å². The van der Waals surface area contributed by atoms with Gasteiger partial charge in [0, 0.05) is 35.3 Å². The number of carbonyl (C=O) groups excluding carboxylic acids is 1. The number of fused-ring (bicyclic) bond motifs is 1. The summed E-state index contributed by atoms with van der Waals surface area (Å²) < 4.78 is 5.48. The second-order valence-corrected chi connectivity index (χ2v) is 7.86. The zero-order valence-electron chi connectivity index (χ0n) is 18.0. The number of aromatic nitrogens is 3. The van der Waals surface area contributed by atoms with Gasteiger partial charge in [-0.1, -0.05) is 78.9 Å². The molecule has 0 aliphatic heterocycles. The lowest BCUT2D eigenvalue weighted by Gasteiger charge is -2.17. The van der Waals surface area contributed by atoms with Crippen LogP contribution in [-0.4, -0.2) is 21.0 Å². The first kappa shape index (κ1) is 20.6. The van der Waals surface area contributed by atoms with Gasteiger partial charge in [-0.3, -0.25) is 0 Å². The summed E-state index contributed by atoms with van der Waals surface area (Å²) in [5, 5.41) is 4.12. The van der Waals surface area contributed by atoms with Crippen molar-refractivity contribution in [3.05, 3.63) is 114 Å². The SMILES string of the molecule is O=C(N[C@H](Cc1c[nH]c2ccccc12)c1nc(-c2ccccc2)c[nH]1)OCc1ccccc1. The first-order chi connectivity index (χ1) is 16.3. The van der Waals surface area contributed by atoms with E-state index in [1.165, 1.54) is 0 Å². The maximum absolute atomic E-state index is 12.7. The third kappa shape index (κ3) is 4.80. The molecule has 0 spiro atoms. The number of H-pyrrole nitrogens is 2. The van der Waals surface area contributed by atoms with Crippen LogP contribution >= 0.6 is 0 Å². The highest BCUT2D eigenvalue weighted by Gasteiger charge is 2.21. The van der Waals surface area contributed by atoms with E-state index in [-0.39, 0.29) is 12.6 Å². The Bertz CT molecular complexity index is 1340. The van der Waals surface area contributed by atoms with E-state index in [2.05, 4.69) is 21.4 Å². The van der Waals surface area contributed by atoms with Gasteiger partial charge in [-0.15, -0.1) is 0 Å². The lowest BCUT2D eigenvalue weighted by Crippen LogP contribution is -2.31. The summed E-state index contributed by atoms with van der Waals surface area (Å²) in [5.41, 5.74) is 4.93. The van der Waals surface area contributed by atoms with Crippen LogP contribution in [0.25, 0.3) is 22.2 Å². The average Bonchev–Trinajstić information content (AvgIpc) is 3.52. The minimum absolute atomic E-state index is 0.208. The molecular formula is C27H24N4O2. The van der Waals surface area contributed by atoms with Gasteiger partial charge in [0.15, 0.2) is 0 Å².